The predicted octanol–water partition coefficient (Wildman–Crippen LogP) is 6.69. The number of ether oxygens (including phenoxy) is 1. The molecule has 0 aromatic heterocycles. The number of amides is 1. The Hall–Kier alpha value is -3.85. The van der Waals surface area contributed by atoms with Gasteiger partial charge in [0.2, 0.25) is 0 Å². The fourth-order valence-electron chi connectivity index (χ4n) is 4.17. The van der Waals surface area contributed by atoms with Crippen LogP contribution in [0.3, 0.4) is 0 Å². The first-order valence-corrected chi connectivity index (χ1v) is 11.3. The topological polar surface area (TPSA) is 29.5 Å². The van der Waals surface area contributed by atoms with E-state index in [0.717, 1.165) is 28.9 Å². The molecule has 0 aliphatic heterocycles. The van der Waals surface area contributed by atoms with Crippen molar-refractivity contribution in [2.24, 2.45) is 0 Å². The summed E-state index contributed by atoms with van der Waals surface area (Å²) in [6.45, 7) is 2.54. The van der Waals surface area contributed by atoms with Crippen molar-refractivity contribution >= 4 is 5.91 Å². The molecule has 0 spiro atoms. The number of nitrogens with zero attached hydrogens (tertiary/aromatic N) is 1. The lowest BCUT2D eigenvalue weighted by Crippen LogP contribution is -2.35. The zero-order valence-corrected chi connectivity index (χ0v) is 19.1. The van der Waals surface area contributed by atoms with E-state index in [1.165, 1.54) is 5.56 Å². The van der Waals surface area contributed by atoms with Gasteiger partial charge in [0.1, 0.15) is 5.75 Å². The molecule has 166 valence electrons. The lowest BCUT2D eigenvalue weighted by Gasteiger charge is -2.33. The highest BCUT2D eigenvalue weighted by molar-refractivity contribution is 5.94. The fourth-order valence-corrected chi connectivity index (χ4v) is 4.17. The van der Waals surface area contributed by atoms with Gasteiger partial charge in [0.15, 0.2) is 0 Å². The number of methoxy groups -OCH3 is 1. The summed E-state index contributed by atoms with van der Waals surface area (Å²) < 4.78 is 5.62. The van der Waals surface area contributed by atoms with Crippen LogP contribution in [0.25, 0.3) is 0 Å². The number of hydrogen-bond acceptors (Lipinski definition) is 2. The van der Waals surface area contributed by atoms with Crippen molar-refractivity contribution in [3.63, 3.8) is 0 Å². The number of benzene rings is 4. The second-order valence-electron chi connectivity index (χ2n) is 8.02. The van der Waals surface area contributed by atoms with E-state index in [-0.39, 0.29) is 11.9 Å². The van der Waals surface area contributed by atoms with Crippen molar-refractivity contribution in [1.82, 2.24) is 4.90 Å². The van der Waals surface area contributed by atoms with Crippen LogP contribution in [0, 0.1) is 0 Å². The summed E-state index contributed by atoms with van der Waals surface area (Å²) in [7, 11) is 1.67. The van der Waals surface area contributed by atoms with Gasteiger partial charge in [-0.15, -0.1) is 0 Å². The smallest absolute Gasteiger partial charge is 0.254 e. The van der Waals surface area contributed by atoms with Crippen molar-refractivity contribution in [2.75, 3.05) is 7.11 Å². The standard InChI is InChI=1S/C30H29NO2/c1-3-23-18-20-26(21-19-23)30(32)31(22-27-16-10-11-17-28(27)33-2)29(24-12-6-4-7-13-24)25-14-8-5-9-15-25/h4-21,29H,3,22H2,1-2H3. The Morgan fingerprint density at radius 1 is 0.758 bits per heavy atom. The van der Waals surface area contributed by atoms with Crippen LogP contribution < -0.4 is 4.74 Å². The number of rotatable bonds is 8. The van der Waals surface area contributed by atoms with Crippen molar-refractivity contribution in [2.45, 2.75) is 25.9 Å². The minimum absolute atomic E-state index is 0.0127. The van der Waals surface area contributed by atoms with Gasteiger partial charge in [-0.05, 0) is 41.3 Å². The number of hydrogen-bond donors (Lipinski definition) is 0. The van der Waals surface area contributed by atoms with Gasteiger partial charge in [0, 0.05) is 11.1 Å². The first kappa shape index (κ1) is 22.3. The number of para-hydroxylation sites is 1. The molecule has 0 N–H and O–H groups in total. The van der Waals surface area contributed by atoms with Gasteiger partial charge in [-0.3, -0.25) is 4.79 Å². The highest BCUT2D eigenvalue weighted by Gasteiger charge is 2.28. The average Bonchev–Trinajstić information content (AvgIpc) is 2.89. The summed E-state index contributed by atoms with van der Waals surface area (Å²) in [5, 5.41) is 0. The fraction of sp³-hybridized carbons (Fsp3) is 0.167. The molecule has 0 saturated heterocycles. The molecule has 0 aliphatic carbocycles. The van der Waals surface area contributed by atoms with Crippen LogP contribution >= 0.6 is 0 Å². The Bertz CT molecular complexity index is 1130. The molecule has 0 saturated carbocycles. The third kappa shape index (κ3) is 5.15. The van der Waals surface area contributed by atoms with Gasteiger partial charge < -0.3 is 9.64 Å². The van der Waals surface area contributed by atoms with Crippen LogP contribution in [-0.2, 0) is 13.0 Å². The lowest BCUT2D eigenvalue weighted by atomic mass is 9.95. The van der Waals surface area contributed by atoms with E-state index in [2.05, 4.69) is 31.2 Å². The quantitative estimate of drug-likeness (QED) is 0.309. The molecule has 4 aromatic carbocycles. The Kier molecular flexibility index (Phi) is 7.21. The van der Waals surface area contributed by atoms with E-state index >= 15 is 0 Å². The highest BCUT2D eigenvalue weighted by Crippen LogP contribution is 2.33. The Balaban J connectivity index is 1.84. The maximum Gasteiger partial charge on any atom is 0.254 e. The van der Waals surface area contributed by atoms with Crippen molar-refractivity contribution in [1.29, 1.82) is 0 Å². The van der Waals surface area contributed by atoms with E-state index in [9.17, 15) is 4.79 Å². The molecule has 0 heterocycles. The third-order valence-electron chi connectivity index (χ3n) is 5.95. The molecule has 0 atom stereocenters. The van der Waals surface area contributed by atoms with E-state index in [0.29, 0.717) is 12.1 Å². The van der Waals surface area contributed by atoms with Gasteiger partial charge in [0.05, 0.1) is 19.7 Å². The second kappa shape index (κ2) is 10.6. The van der Waals surface area contributed by atoms with Gasteiger partial charge >= 0.3 is 0 Å². The maximum atomic E-state index is 14.0. The summed E-state index contributed by atoms with van der Waals surface area (Å²) in [5.74, 6) is 0.762. The van der Waals surface area contributed by atoms with Crippen molar-refractivity contribution in [3.8, 4) is 5.75 Å². The van der Waals surface area contributed by atoms with Crippen LogP contribution in [0.4, 0.5) is 0 Å². The van der Waals surface area contributed by atoms with Gasteiger partial charge in [-0.2, -0.15) is 0 Å². The first-order chi connectivity index (χ1) is 16.2. The maximum absolute atomic E-state index is 14.0. The minimum Gasteiger partial charge on any atom is -0.496 e. The van der Waals surface area contributed by atoms with Crippen molar-refractivity contribution < 1.29 is 9.53 Å². The third-order valence-corrected chi connectivity index (χ3v) is 5.95. The van der Waals surface area contributed by atoms with E-state index in [1.807, 2.05) is 89.8 Å². The van der Waals surface area contributed by atoms with Crippen LogP contribution in [0.1, 0.15) is 45.6 Å². The Labute approximate surface area is 196 Å². The molecule has 33 heavy (non-hydrogen) atoms. The molecule has 0 radical (unpaired) electrons. The van der Waals surface area contributed by atoms with Gasteiger partial charge in [-0.1, -0.05) is 97.9 Å². The molecule has 0 fully saturated rings. The van der Waals surface area contributed by atoms with Crippen molar-refractivity contribution in [3.05, 3.63) is 137 Å². The summed E-state index contributed by atoms with van der Waals surface area (Å²) in [6, 6.07) is 36.0. The van der Waals surface area contributed by atoms with E-state index in [1.54, 1.807) is 7.11 Å². The van der Waals surface area contributed by atoms with Gasteiger partial charge in [-0.25, -0.2) is 0 Å². The molecular formula is C30H29NO2. The number of aryl methyl sites for hydroxylation is 1. The minimum atomic E-state index is -0.240. The SMILES string of the molecule is CCc1ccc(C(=O)N(Cc2ccccc2OC)C(c2ccccc2)c2ccccc2)cc1. The Morgan fingerprint density at radius 2 is 1.30 bits per heavy atom. The molecule has 0 bridgehead atoms. The summed E-state index contributed by atoms with van der Waals surface area (Å²) in [5.41, 5.74) is 4.99. The molecule has 3 nitrogen and oxygen atoms in total. The van der Waals surface area contributed by atoms with Crippen LogP contribution in [0.2, 0.25) is 0 Å². The second-order valence-corrected chi connectivity index (χ2v) is 8.02. The summed E-state index contributed by atoms with van der Waals surface area (Å²) in [6.07, 6.45) is 0.941. The highest BCUT2D eigenvalue weighted by atomic mass is 16.5. The molecule has 0 unspecified atom stereocenters. The molecule has 4 aromatic rings. The summed E-state index contributed by atoms with van der Waals surface area (Å²) in [4.78, 5) is 16.0. The van der Waals surface area contributed by atoms with Crippen LogP contribution in [0.15, 0.2) is 109 Å². The molecular weight excluding hydrogens is 406 g/mol. The molecule has 1 amide bonds. The lowest BCUT2D eigenvalue weighted by molar-refractivity contribution is 0.0689. The predicted molar refractivity (Wildman–Crippen MR) is 133 cm³/mol. The number of carbonyl (C=O) groups excluding carboxylic acids is 1. The average molecular weight is 436 g/mol. The summed E-state index contributed by atoms with van der Waals surface area (Å²) >= 11 is 0. The zero-order chi connectivity index (χ0) is 23.0. The molecule has 3 heteroatoms. The monoisotopic (exact) mass is 435 g/mol. The van der Waals surface area contributed by atoms with Crippen LogP contribution in [0.5, 0.6) is 5.75 Å². The van der Waals surface area contributed by atoms with E-state index < -0.39 is 0 Å². The molecule has 4 rings (SSSR count). The zero-order valence-electron chi connectivity index (χ0n) is 19.1. The molecule has 0 aliphatic rings. The normalized spacial score (nSPS) is 10.8. The Morgan fingerprint density at radius 3 is 1.85 bits per heavy atom. The van der Waals surface area contributed by atoms with Crippen LogP contribution in [-0.4, -0.2) is 17.9 Å². The number of carbonyl (C=O) groups is 1. The van der Waals surface area contributed by atoms with E-state index in [4.69, 9.17) is 4.74 Å². The largest absolute Gasteiger partial charge is 0.496 e. The van der Waals surface area contributed by atoms with Gasteiger partial charge in [0.25, 0.3) is 5.91 Å². The first-order valence-electron chi connectivity index (χ1n) is 11.3.